The summed E-state index contributed by atoms with van der Waals surface area (Å²) in [5.74, 6) is -5.56. The molecule has 6 amide bonds. The SMILES string of the molecule is CSCC[C@H](NC(=O)[C@@H]1CCCN1C(=O)[C@H](C)NC(=O)[C@@H](NC(=O)[C@@H](N)Cc1ccccc1)[C@@H](C)O)C(=O)N[C@@H](CC(N)=O)C(=O)O. The lowest BCUT2D eigenvalue weighted by Crippen LogP contribution is -2.60. The minimum atomic E-state index is -1.59. The maximum atomic E-state index is 13.4. The van der Waals surface area contributed by atoms with Crippen molar-refractivity contribution in [2.75, 3.05) is 18.6 Å². The molecule has 1 heterocycles. The first-order valence-electron chi connectivity index (χ1n) is 15.2. The zero-order valence-corrected chi connectivity index (χ0v) is 27.5. The van der Waals surface area contributed by atoms with Gasteiger partial charge < -0.3 is 47.8 Å². The number of carboxylic acid groups (broad SMARTS) is 1. The van der Waals surface area contributed by atoms with Gasteiger partial charge in [-0.1, -0.05) is 30.3 Å². The summed E-state index contributed by atoms with van der Waals surface area (Å²) in [7, 11) is 0. The van der Waals surface area contributed by atoms with E-state index in [1.807, 2.05) is 6.07 Å². The number of amides is 6. The molecule has 1 aliphatic heterocycles. The number of hydrogen-bond acceptors (Lipinski definition) is 10. The van der Waals surface area contributed by atoms with E-state index in [0.717, 1.165) is 5.56 Å². The van der Waals surface area contributed by atoms with Crippen LogP contribution in [0.2, 0.25) is 0 Å². The van der Waals surface area contributed by atoms with Crippen molar-refractivity contribution in [2.45, 2.75) is 88.3 Å². The van der Waals surface area contributed by atoms with Gasteiger partial charge in [-0.15, -0.1) is 0 Å². The molecule has 260 valence electrons. The Morgan fingerprint density at radius 3 is 2.19 bits per heavy atom. The van der Waals surface area contributed by atoms with E-state index in [-0.39, 0.29) is 25.8 Å². The van der Waals surface area contributed by atoms with Crippen molar-refractivity contribution in [3.05, 3.63) is 35.9 Å². The van der Waals surface area contributed by atoms with Gasteiger partial charge in [0, 0.05) is 6.54 Å². The number of carbonyl (C=O) groups excluding carboxylic acids is 6. The van der Waals surface area contributed by atoms with Gasteiger partial charge in [0.05, 0.1) is 18.6 Å². The third kappa shape index (κ3) is 12.1. The second-order valence-corrected chi connectivity index (χ2v) is 12.3. The summed E-state index contributed by atoms with van der Waals surface area (Å²) < 4.78 is 0. The molecule has 7 atom stereocenters. The molecule has 1 aliphatic rings. The zero-order valence-electron chi connectivity index (χ0n) is 26.6. The normalized spacial score (nSPS) is 18.1. The van der Waals surface area contributed by atoms with Crippen molar-refractivity contribution in [1.82, 2.24) is 26.2 Å². The molecule has 47 heavy (non-hydrogen) atoms. The van der Waals surface area contributed by atoms with E-state index in [2.05, 4.69) is 21.3 Å². The van der Waals surface area contributed by atoms with Gasteiger partial charge in [-0.05, 0) is 57.1 Å². The number of carbonyl (C=O) groups is 7. The fourth-order valence-corrected chi connectivity index (χ4v) is 5.46. The molecular weight excluding hydrogens is 634 g/mol. The van der Waals surface area contributed by atoms with E-state index < -0.39 is 90.2 Å². The average Bonchev–Trinajstić information content (AvgIpc) is 3.51. The molecule has 0 unspecified atom stereocenters. The minimum Gasteiger partial charge on any atom is -0.480 e. The van der Waals surface area contributed by atoms with Crippen LogP contribution in [0.3, 0.4) is 0 Å². The van der Waals surface area contributed by atoms with Gasteiger partial charge in [0.1, 0.15) is 30.2 Å². The summed E-state index contributed by atoms with van der Waals surface area (Å²) in [6.07, 6.45) is 0.862. The first-order valence-corrected chi connectivity index (χ1v) is 16.5. The molecule has 1 saturated heterocycles. The van der Waals surface area contributed by atoms with Crippen molar-refractivity contribution in [3.63, 3.8) is 0 Å². The Morgan fingerprint density at radius 2 is 1.62 bits per heavy atom. The second-order valence-electron chi connectivity index (χ2n) is 11.4. The molecule has 0 spiro atoms. The van der Waals surface area contributed by atoms with E-state index in [4.69, 9.17) is 11.5 Å². The molecule has 1 fully saturated rings. The number of likely N-dealkylation sites (tertiary alicyclic amines) is 1. The summed E-state index contributed by atoms with van der Waals surface area (Å²) in [6, 6.07) is 1.68. The highest BCUT2D eigenvalue weighted by atomic mass is 32.2. The number of rotatable bonds is 18. The summed E-state index contributed by atoms with van der Waals surface area (Å²) in [5.41, 5.74) is 11.9. The van der Waals surface area contributed by atoms with Crippen LogP contribution in [0.15, 0.2) is 30.3 Å². The average molecular weight is 680 g/mol. The van der Waals surface area contributed by atoms with Crippen molar-refractivity contribution in [2.24, 2.45) is 11.5 Å². The number of benzene rings is 1. The van der Waals surface area contributed by atoms with Crippen molar-refractivity contribution in [1.29, 1.82) is 0 Å². The maximum absolute atomic E-state index is 13.4. The van der Waals surface area contributed by atoms with Crippen LogP contribution in [0.5, 0.6) is 0 Å². The lowest BCUT2D eigenvalue weighted by molar-refractivity contribution is -0.144. The first-order chi connectivity index (χ1) is 22.2. The Hall–Kier alpha value is -4.22. The van der Waals surface area contributed by atoms with E-state index >= 15 is 0 Å². The fraction of sp³-hybridized carbons (Fsp3) is 0.567. The molecule has 2 rings (SSSR count). The topological polar surface area (TPSA) is 263 Å². The number of nitrogens with zero attached hydrogens (tertiary/aromatic N) is 1. The summed E-state index contributed by atoms with van der Waals surface area (Å²) in [4.78, 5) is 89.5. The van der Waals surface area contributed by atoms with Crippen LogP contribution in [-0.4, -0.2) is 117 Å². The highest BCUT2D eigenvalue weighted by molar-refractivity contribution is 7.98. The van der Waals surface area contributed by atoms with Crippen molar-refractivity contribution in [3.8, 4) is 0 Å². The molecule has 1 aromatic carbocycles. The Kier molecular flexibility index (Phi) is 15.6. The van der Waals surface area contributed by atoms with Gasteiger partial charge >= 0.3 is 5.97 Å². The number of aliphatic hydroxyl groups excluding tert-OH is 1. The second kappa shape index (κ2) is 18.8. The van der Waals surface area contributed by atoms with Crippen molar-refractivity contribution < 1.29 is 43.8 Å². The summed E-state index contributed by atoms with van der Waals surface area (Å²) in [6.45, 7) is 2.88. The predicted molar refractivity (Wildman–Crippen MR) is 172 cm³/mol. The lowest BCUT2D eigenvalue weighted by Gasteiger charge is -2.30. The Balaban J connectivity index is 2.06. The number of nitrogens with two attached hydrogens (primary N) is 2. The zero-order chi connectivity index (χ0) is 35.3. The third-order valence-electron chi connectivity index (χ3n) is 7.53. The molecule has 0 radical (unpaired) electrons. The minimum absolute atomic E-state index is 0.135. The van der Waals surface area contributed by atoms with Crippen LogP contribution in [0.4, 0.5) is 0 Å². The highest BCUT2D eigenvalue weighted by Gasteiger charge is 2.39. The van der Waals surface area contributed by atoms with E-state index in [1.165, 1.54) is 30.5 Å². The number of nitrogens with one attached hydrogen (secondary N) is 4. The lowest BCUT2D eigenvalue weighted by atomic mass is 10.0. The Morgan fingerprint density at radius 1 is 0.957 bits per heavy atom. The van der Waals surface area contributed by atoms with Gasteiger partial charge in [0.25, 0.3) is 0 Å². The van der Waals surface area contributed by atoms with Gasteiger partial charge in [0.15, 0.2) is 0 Å². The van der Waals surface area contributed by atoms with Gasteiger partial charge in [-0.2, -0.15) is 11.8 Å². The summed E-state index contributed by atoms with van der Waals surface area (Å²) in [5, 5.41) is 29.3. The Bertz CT molecular complexity index is 1280. The molecule has 0 bridgehead atoms. The standard InChI is InChI=1S/C30H45N7O9S/c1-16(33-28(43)24(17(2)38)36-25(40)19(31)14-18-8-5-4-6-9-18)29(44)37-12-7-10-22(37)27(42)34-20(11-13-47-3)26(41)35-21(30(45)46)15-23(32)39/h4-6,8-9,16-17,19-22,24,38H,7,10-15,31H2,1-3H3,(H2,32,39)(H,33,43)(H,34,42)(H,35,41)(H,36,40)(H,45,46)/t16-,17+,19-,20-,21-,22-,24-/m0/s1. The van der Waals surface area contributed by atoms with E-state index in [1.54, 1.807) is 30.5 Å². The van der Waals surface area contributed by atoms with E-state index in [9.17, 15) is 43.8 Å². The molecular formula is C30H45N7O9S. The van der Waals surface area contributed by atoms with Crippen LogP contribution < -0.4 is 32.7 Å². The van der Waals surface area contributed by atoms with E-state index in [0.29, 0.717) is 12.2 Å². The molecule has 0 saturated carbocycles. The smallest absolute Gasteiger partial charge is 0.326 e. The molecule has 17 heteroatoms. The van der Waals surface area contributed by atoms with Crippen LogP contribution in [-0.2, 0) is 40.0 Å². The van der Waals surface area contributed by atoms with Crippen LogP contribution >= 0.6 is 11.8 Å². The molecule has 10 N–H and O–H groups in total. The number of aliphatic carboxylic acids is 1. The van der Waals surface area contributed by atoms with Crippen LogP contribution in [0.1, 0.15) is 45.1 Å². The quantitative estimate of drug-likeness (QED) is 0.0811. The van der Waals surface area contributed by atoms with Gasteiger partial charge in [-0.25, -0.2) is 4.79 Å². The number of thioether (sulfide) groups is 1. The molecule has 16 nitrogen and oxygen atoms in total. The molecule has 0 aliphatic carbocycles. The largest absolute Gasteiger partial charge is 0.480 e. The maximum Gasteiger partial charge on any atom is 0.326 e. The number of aliphatic hydroxyl groups is 1. The number of hydrogen-bond donors (Lipinski definition) is 8. The van der Waals surface area contributed by atoms with Crippen LogP contribution in [0, 0.1) is 0 Å². The van der Waals surface area contributed by atoms with Crippen molar-refractivity contribution >= 4 is 53.2 Å². The number of carboxylic acids is 1. The highest BCUT2D eigenvalue weighted by Crippen LogP contribution is 2.19. The molecule has 1 aromatic rings. The molecule has 0 aromatic heterocycles. The fourth-order valence-electron chi connectivity index (χ4n) is 4.99. The monoisotopic (exact) mass is 679 g/mol. The Labute approximate surface area is 277 Å². The first kappa shape index (κ1) is 39.0. The van der Waals surface area contributed by atoms with Crippen LogP contribution in [0.25, 0.3) is 0 Å². The summed E-state index contributed by atoms with van der Waals surface area (Å²) >= 11 is 1.39. The third-order valence-corrected chi connectivity index (χ3v) is 8.17. The van der Waals surface area contributed by atoms with Gasteiger partial charge in [-0.3, -0.25) is 28.8 Å². The number of primary amides is 1. The predicted octanol–water partition coefficient (Wildman–Crippen LogP) is -2.40. The van der Waals surface area contributed by atoms with Gasteiger partial charge in [0.2, 0.25) is 35.4 Å².